The molecule has 2 N–H and O–H groups in total. The predicted octanol–water partition coefficient (Wildman–Crippen LogP) is 4.95. The van der Waals surface area contributed by atoms with E-state index in [-0.39, 0.29) is 11.9 Å². The van der Waals surface area contributed by atoms with Crippen LogP contribution in [0.1, 0.15) is 43.5 Å². The SMILES string of the molecule is C[C@@H](NCc1cc(C#CC(C)(C)O)ccc1F)c1cccc2ccccc12. The fourth-order valence-corrected chi connectivity index (χ4v) is 3.01. The van der Waals surface area contributed by atoms with Crippen LogP contribution in [0.5, 0.6) is 0 Å². The number of hydrogen-bond donors (Lipinski definition) is 2. The van der Waals surface area contributed by atoms with E-state index in [2.05, 4.69) is 48.3 Å². The molecule has 0 bridgehead atoms. The Morgan fingerprint density at radius 1 is 1.07 bits per heavy atom. The van der Waals surface area contributed by atoms with E-state index >= 15 is 0 Å². The molecule has 138 valence electrons. The lowest BCUT2D eigenvalue weighted by molar-refractivity contribution is 0.143. The summed E-state index contributed by atoms with van der Waals surface area (Å²) in [5.41, 5.74) is 1.36. The van der Waals surface area contributed by atoms with E-state index in [4.69, 9.17) is 0 Å². The molecule has 0 aliphatic carbocycles. The topological polar surface area (TPSA) is 32.3 Å². The molecule has 2 nitrogen and oxygen atoms in total. The van der Waals surface area contributed by atoms with Gasteiger partial charge in [-0.3, -0.25) is 0 Å². The van der Waals surface area contributed by atoms with Crippen LogP contribution >= 0.6 is 0 Å². The second-order valence-corrected chi connectivity index (χ2v) is 7.29. The average molecular weight is 361 g/mol. The lowest BCUT2D eigenvalue weighted by Crippen LogP contribution is -2.19. The van der Waals surface area contributed by atoms with Crippen LogP contribution < -0.4 is 5.32 Å². The van der Waals surface area contributed by atoms with Crippen molar-refractivity contribution in [2.45, 2.75) is 39.0 Å². The van der Waals surface area contributed by atoms with Crippen molar-refractivity contribution >= 4 is 10.8 Å². The van der Waals surface area contributed by atoms with Gasteiger partial charge in [-0.25, -0.2) is 4.39 Å². The lowest BCUT2D eigenvalue weighted by Gasteiger charge is -2.17. The van der Waals surface area contributed by atoms with E-state index in [1.165, 1.54) is 22.4 Å². The van der Waals surface area contributed by atoms with Crippen molar-refractivity contribution < 1.29 is 9.50 Å². The number of halogens is 1. The van der Waals surface area contributed by atoms with Crippen LogP contribution in [0, 0.1) is 17.7 Å². The van der Waals surface area contributed by atoms with Crippen LogP contribution in [-0.2, 0) is 6.54 Å². The molecule has 3 aromatic rings. The molecule has 0 saturated heterocycles. The third-order valence-electron chi connectivity index (χ3n) is 4.45. The van der Waals surface area contributed by atoms with Crippen LogP contribution in [-0.4, -0.2) is 10.7 Å². The van der Waals surface area contributed by atoms with E-state index in [1.54, 1.807) is 26.0 Å². The summed E-state index contributed by atoms with van der Waals surface area (Å²) < 4.78 is 14.2. The summed E-state index contributed by atoms with van der Waals surface area (Å²) in [7, 11) is 0. The Labute approximate surface area is 160 Å². The van der Waals surface area contributed by atoms with E-state index < -0.39 is 5.60 Å². The van der Waals surface area contributed by atoms with E-state index in [0.717, 1.165) is 0 Å². The van der Waals surface area contributed by atoms with Gasteiger partial charge in [0.05, 0.1) is 0 Å². The zero-order chi connectivity index (χ0) is 19.4. The van der Waals surface area contributed by atoms with E-state index in [1.807, 2.05) is 18.2 Å². The van der Waals surface area contributed by atoms with Crippen LogP contribution in [0.2, 0.25) is 0 Å². The average Bonchev–Trinajstić information content (AvgIpc) is 2.65. The van der Waals surface area contributed by atoms with Crippen molar-refractivity contribution in [1.29, 1.82) is 0 Å². The number of nitrogens with one attached hydrogen (secondary N) is 1. The van der Waals surface area contributed by atoms with Crippen molar-refractivity contribution in [3.8, 4) is 11.8 Å². The molecule has 1 atom stereocenters. The summed E-state index contributed by atoms with van der Waals surface area (Å²) in [5.74, 6) is 5.40. The number of hydrogen-bond acceptors (Lipinski definition) is 2. The van der Waals surface area contributed by atoms with Gasteiger partial charge in [0, 0.05) is 23.7 Å². The first kappa shape index (κ1) is 19.1. The van der Waals surface area contributed by atoms with Gasteiger partial charge in [-0.1, -0.05) is 54.3 Å². The molecule has 3 heteroatoms. The van der Waals surface area contributed by atoms with Gasteiger partial charge in [0.25, 0.3) is 0 Å². The van der Waals surface area contributed by atoms with Gasteiger partial charge in [0.2, 0.25) is 0 Å². The van der Waals surface area contributed by atoms with Gasteiger partial charge in [-0.15, -0.1) is 0 Å². The van der Waals surface area contributed by atoms with E-state index in [0.29, 0.717) is 17.7 Å². The molecule has 3 rings (SSSR count). The molecule has 0 amide bonds. The smallest absolute Gasteiger partial charge is 0.127 e. The maximum atomic E-state index is 14.2. The first-order valence-corrected chi connectivity index (χ1v) is 9.08. The molecule has 0 aromatic heterocycles. The van der Waals surface area contributed by atoms with Gasteiger partial charge in [0.1, 0.15) is 11.4 Å². The summed E-state index contributed by atoms with van der Waals surface area (Å²) in [6, 6.07) is 19.4. The Morgan fingerprint density at radius 3 is 2.59 bits per heavy atom. The number of aliphatic hydroxyl groups is 1. The fourth-order valence-electron chi connectivity index (χ4n) is 3.01. The quantitative estimate of drug-likeness (QED) is 0.644. The first-order valence-electron chi connectivity index (χ1n) is 9.08. The molecular weight excluding hydrogens is 337 g/mol. The minimum Gasteiger partial charge on any atom is -0.378 e. The second-order valence-electron chi connectivity index (χ2n) is 7.29. The highest BCUT2D eigenvalue weighted by atomic mass is 19.1. The van der Waals surface area contributed by atoms with E-state index in [9.17, 15) is 9.50 Å². The number of rotatable bonds is 4. The molecule has 0 aliphatic heterocycles. The first-order chi connectivity index (χ1) is 12.8. The molecule has 0 fully saturated rings. The Hall–Kier alpha value is -2.67. The summed E-state index contributed by atoms with van der Waals surface area (Å²) in [6.45, 7) is 5.72. The molecular formula is C24H24FNO. The molecule has 3 aromatic carbocycles. The zero-order valence-electron chi connectivity index (χ0n) is 15.9. The van der Waals surface area contributed by atoms with Crippen LogP contribution in [0.4, 0.5) is 4.39 Å². The van der Waals surface area contributed by atoms with Crippen LogP contribution in [0.3, 0.4) is 0 Å². The minimum atomic E-state index is -1.07. The largest absolute Gasteiger partial charge is 0.378 e. The molecule has 0 heterocycles. The lowest BCUT2D eigenvalue weighted by atomic mass is 9.99. The van der Waals surface area contributed by atoms with Crippen molar-refractivity contribution in [2.75, 3.05) is 0 Å². The van der Waals surface area contributed by atoms with Crippen molar-refractivity contribution in [3.63, 3.8) is 0 Å². The molecule has 27 heavy (non-hydrogen) atoms. The summed E-state index contributed by atoms with van der Waals surface area (Å²) in [5, 5.41) is 15.5. The third-order valence-corrected chi connectivity index (χ3v) is 4.45. The van der Waals surface area contributed by atoms with Gasteiger partial charge in [-0.05, 0) is 55.3 Å². The second kappa shape index (κ2) is 7.92. The highest BCUT2D eigenvalue weighted by molar-refractivity contribution is 5.86. The number of fused-ring (bicyclic) bond motifs is 1. The Morgan fingerprint density at radius 2 is 1.81 bits per heavy atom. The van der Waals surface area contributed by atoms with Crippen molar-refractivity contribution in [3.05, 3.63) is 83.2 Å². The van der Waals surface area contributed by atoms with Gasteiger partial charge in [-0.2, -0.15) is 0 Å². The number of benzene rings is 3. The van der Waals surface area contributed by atoms with Gasteiger partial charge >= 0.3 is 0 Å². The molecule has 0 saturated carbocycles. The minimum absolute atomic E-state index is 0.0709. The normalized spacial score (nSPS) is 12.5. The predicted molar refractivity (Wildman–Crippen MR) is 109 cm³/mol. The maximum Gasteiger partial charge on any atom is 0.127 e. The van der Waals surface area contributed by atoms with Crippen molar-refractivity contribution in [2.24, 2.45) is 0 Å². The summed E-state index contributed by atoms with van der Waals surface area (Å²) >= 11 is 0. The standard InChI is InChI=1S/C24H24FNO/c1-17(21-10-6-8-19-7-4-5-9-22(19)21)26-16-20-15-18(11-12-23(20)25)13-14-24(2,3)27/h4-12,15,17,26-27H,16H2,1-3H3/t17-/m1/s1. The van der Waals surface area contributed by atoms with Gasteiger partial charge in [0.15, 0.2) is 0 Å². The monoisotopic (exact) mass is 361 g/mol. The maximum absolute atomic E-state index is 14.2. The Balaban J connectivity index is 1.78. The Kier molecular flexibility index (Phi) is 5.60. The summed E-state index contributed by atoms with van der Waals surface area (Å²) in [4.78, 5) is 0. The zero-order valence-corrected chi connectivity index (χ0v) is 15.9. The van der Waals surface area contributed by atoms with Gasteiger partial charge < -0.3 is 10.4 Å². The molecule has 0 radical (unpaired) electrons. The Bertz CT molecular complexity index is 1000. The third kappa shape index (κ3) is 4.95. The van der Waals surface area contributed by atoms with Crippen molar-refractivity contribution in [1.82, 2.24) is 5.32 Å². The molecule has 0 spiro atoms. The molecule has 0 aliphatic rings. The van der Waals surface area contributed by atoms with Crippen LogP contribution in [0.25, 0.3) is 10.8 Å². The summed E-state index contributed by atoms with van der Waals surface area (Å²) in [6.07, 6.45) is 0. The van der Waals surface area contributed by atoms with Crippen LogP contribution in [0.15, 0.2) is 60.7 Å². The highest BCUT2D eigenvalue weighted by Gasteiger charge is 2.11. The fraction of sp³-hybridized carbons (Fsp3) is 0.250. The highest BCUT2D eigenvalue weighted by Crippen LogP contribution is 2.24. The molecule has 0 unspecified atom stereocenters.